The lowest BCUT2D eigenvalue weighted by atomic mass is 10.1. The van der Waals surface area contributed by atoms with E-state index in [4.69, 9.17) is 0 Å². The number of amides is 1. The highest BCUT2D eigenvalue weighted by Gasteiger charge is 2.19. The summed E-state index contributed by atoms with van der Waals surface area (Å²) >= 11 is 1.63. The summed E-state index contributed by atoms with van der Waals surface area (Å²) in [6.45, 7) is 3.84. The zero-order chi connectivity index (χ0) is 14.7. The molecule has 0 saturated carbocycles. The fourth-order valence-electron chi connectivity index (χ4n) is 2.60. The summed E-state index contributed by atoms with van der Waals surface area (Å²) in [5.41, 5.74) is 1.72. The summed E-state index contributed by atoms with van der Waals surface area (Å²) in [5, 5.41) is 6.43. The Morgan fingerprint density at radius 1 is 1.38 bits per heavy atom. The summed E-state index contributed by atoms with van der Waals surface area (Å²) in [4.78, 5) is 18.6. The highest BCUT2D eigenvalue weighted by Crippen LogP contribution is 2.22. The quantitative estimate of drug-likeness (QED) is 0.939. The Bertz CT molecular complexity index is 606. The van der Waals surface area contributed by atoms with E-state index >= 15 is 0 Å². The van der Waals surface area contributed by atoms with Crippen molar-refractivity contribution in [2.45, 2.75) is 25.8 Å². The molecule has 0 aliphatic carbocycles. The van der Waals surface area contributed by atoms with Crippen LogP contribution in [0.4, 0.5) is 5.69 Å². The standard InChI is InChI=1S/C16H19N3OS/c1-12(15-17-7-10-21-15)18-14-6-4-5-13(11-14)16(20)19-8-2-3-9-19/h4-7,10-12,18H,2-3,8-9H2,1H3. The lowest BCUT2D eigenvalue weighted by molar-refractivity contribution is 0.0793. The van der Waals surface area contributed by atoms with Crippen LogP contribution in [0.5, 0.6) is 0 Å². The van der Waals surface area contributed by atoms with Crippen molar-refractivity contribution in [1.82, 2.24) is 9.88 Å². The first-order valence-corrected chi connectivity index (χ1v) is 8.17. The molecule has 0 bridgehead atoms. The van der Waals surface area contributed by atoms with Crippen LogP contribution in [-0.2, 0) is 0 Å². The van der Waals surface area contributed by atoms with Gasteiger partial charge in [0.05, 0.1) is 6.04 Å². The molecule has 0 radical (unpaired) electrons. The van der Waals surface area contributed by atoms with Gasteiger partial charge in [0, 0.05) is 35.9 Å². The third-order valence-corrected chi connectivity index (χ3v) is 4.67. The molecule has 1 unspecified atom stereocenters. The van der Waals surface area contributed by atoms with E-state index in [0.29, 0.717) is 0 Å². The number of carbonyl (C=O) groups excluding carboxylic acids is 1. The van der Waals surface area contributed by atoms with E-state index in [-0.39, 0.29) is 11.9 Å². The smallest absolute Gasteiger partial charge is 0.253 e. The van der Waals surface area contributed by atoms with E-state index in [1.807, 2.05) is 40.7 Å². The highest BCUT2D eigenvalue weighted by atomic mass is 32.1. The molecule has 1 aromatic carbocycles. The maximum absolute atomic E-state index is 12.4. The second-order valence-corrected chi connectivity index (χ2v) is 6.24. The Labute approximate surface area is 128 Å². The van der Waals surface area contributed by atoms with E-state index in [1.54, 1.807) is 11.3 Å². The molecule has 5 heteroatoms. The molecule has 2 aromatic rings. The molecule has 1 amide bonds. The number of nitrogens with zero attached hydrogens (tertiary/aromatic N) is 2. The number of carbonyl (C=O) groups is 1. The minimum absolute atomic E-state index is 0.137. The summed E-state index contributed by atoms with van der Waals surface area (Å²) in [6.07, 6.45) is 4.04. The maximum Gasteiger partial charge on any atom is 0.253 e. The number of aromatic nitrogens is 1. The molecule has 0 spiro atoms. The molecule has 1 aromatic heterocycles. The number of hydrogen-bond donors (Lipinski definition) is 1. The van der Waals surface area contributed by atoms with Crippen LogP contribution in [0.25, 0.3) is 0 Å². The van der Waals surface area contributed by atoms with Crippen molar-refractivity contribution in [1.29, 1.82) is 0 Å². The van der Waals surface area contributed by atoms with Gasteiger partial charge in [0.25, 0.3) is 5.91 Å². The van der Waals surface area contributed by atoms with Gasteiger partial charge in [-0.25, -0.2) is 4.98 Å². The van der Waals surface area contributed by atoms with Crippen LogP contribution in [-0.4, -0.2) is 28.9 Å². The normalized spacial score (nSPS) is 16.0. The number of anilines is 1. The van der Waals surface area contributed by atoms with Crippen molar-refractivity contribution >= 4 is 22.9 Å². The molecule has 1 fully saturated rings. The Kier molecular flexibility index (Phi) is 4.20. The predicted octanol–water partition coefficient (Wildman–Crippen LogP) is 3.55. The van der Waals surface area contributed by atoms with Crippen molar-refractivity contribution in [3.63, 3.8) is 0 Å². The highest BCUT2D eigenvalue weighted by molar-refractivity contribution is 7.09. The van der Waals surface area contributed by atoms with Crippen LogP contribution in [0.1, 0.15) is 41.2 Å². The number of thiazole rings is 1. The van der Waals surface area contributed by atoms with Crippen LogP contribution in [0, 0.1) is 0 Å². The van der Waals surface area contributed by atoms with Gasteiger partial charge >= 0.3 is 0 Å². The average molecular weight is 301 g/mol. The fourth-order valence-corrected chi connectivity index (χ4v) is 3.25. The zero-order valence-corrected chi connectivity index (χ0v) is 12.9. The minimum Gasteiger partial charge on any atom is -0.376 e. The van der Waals surface area contributed by atoms with Gasteiger partial charge in [-0.15, -0.1) is 11.3 Å². The predicted molar refractivity (Wildman–Crippen MR) is 85.7 cm³/mol. The van der Waals surface area contributed by atoms with Crippen molar-refractivity contribution in [3.05, 3.63) is 46.4 Å². The largest absolute Gasteiger partial charge is 0.376 e. The maximum atomic E-state index is 12.4. The molecule has 21 heavy (non-hydrogen) atoms. The van der Waals surface area contributed by atoms with Crippen LogP contribution in [0.3, 0.4) is 0 Å². The van der Waals surface area contributed by atoms with Gasteiger partial charge in [0.1, 0.15) is 5.01 Å². The van der Waals surface area contributed by atoms with E-state index in [2.05, 4.69) is 17.2 Å². The number of rotatable bonds is 4. The Morgan fingerprint density at radius 2 is 2.19 bits per heavy atom. The summed E-state index contributed by atoms with van der Waals surface area (Å²) in [7, 11) is 0. The third kappa shape index (κ3) is 3.24. The first-order valence-electron chi connectivity index (χ1n) is 7.29. The summed E-state index contributed by atoms with van der Waals surface area (Å²) in [6, 6.07) is 7.89. The fraction of sp³-hybridized carbons (Fsp3) is 0.375. The molecule has 1 aliphatic heterocycles. The second-order valence-electron chi connectivity index (χ2n) is 5.32. The molecule has 2 heterocycles. The summed E-state index contributed by atoms with van der Waals surface area (Å²) < 4.78 is 0. The van der Waals surface area contributed by atoms with Crippen LogP contribution >= 0.6 is 11.3 Å². The molecule has 110 valence electrons. The first kappa shape index (κ1) is 14.1. The Morgan fingerprint density at radius 3 is 2.90 bits per heavy atom. The summed E-state index contributed by atoms with van der Waals surface area (Å²) in [5.74, 6) is 0.137. The van der Waals surface area contributed by atoms with Gasteiger partial charge in [-0.3, -0.25) is 4.79 Å². The SMILES string of the molecule is CC(Nc1cccc(C(=O)N2CCCC2)c1)c1nccs1. The third-order valence-electron chi connectivity index (χ3n) is 3.71. The van der Waals surface area contributed by atoms with Gasteiger partial charge in [0.15, 0.2) is 0 Å². The van der Waals surface area contributed by atoms with Gasteiger partial charge in [-0.1, -0.05) is 6.07 Å². The molecule has 3 rings (SSSR count). The van der Waals surface area contributed by atoms with Crippen LogP contribution in [0.15, 0.2) is 35.8 Å². The van der Waals surface area contributed by atoms with Crippen LogP contribution < -0.4 is 5.32 Å². The lowest BCUT2D eigenvalue weighted by Crippen LogP contribution is -2.27. The Hall–Kier alpha value is -1.88. The lowest BCUT2D eigenvalue weighted by Gasteiger charge is -2.17. The monoisotopic (exact) mass is 301 g/mol. The molecular formula is C16H19N3OS. The molecule has 4 nitrogen and oxygen atoms in total. The van der Waals surface area contributed by atoms with Crippen molar-refractivity contribution in [2.24, 2.45) is 0 Å². The average Bonchev–Trinajstić information content (AvgIpc) is 3.20. The van der Waals surface area contributed by atoms with E-state index in [1.165, 1.54) is 0 Å². The molecule has 1 atom stereocenters. The van der Waals surface area contributed by atoms with Crippen LogP contribution in [0.2, 0.25) is 0 Å². The Balaban J connectivity index is 1.72. The van der Waals surface area contributed by atoms with Crippen molar-refractivity contribution in [3.8, 4) is 0 Å². The number of hydrogen-bond acceptors (Lipinski definition) is 4. The molecular weight excluding hydrogens is 282 g/mol. The molecule has 1 aliphatic rings. The van der Waals surface area contributed by atoms with Crippen molar-refractivity contribution < 1.29 is 4.79 Å². The zero-order valence-electron chi connectivity index (χ0n) is 12.1. The topological polar surface area (TPSA) is 45.2 Å². The van der Waals surface area contributed by atoms with Gasteiger partial charge in [-0.05, 0) is 38.0 Å². The number of likely N-dealkylation sites (tertiary alicyclic amines) is 1. The van der Waals surface area contributed by atoms with E-state index in [9.17, 15) is 4.79 Å². The second kappa shape index (κ2) is 6.26. The van der Waals surface area contributed by atoms with Gasteiger partial charge in [-0.2, -0.15) is 0 Å². The van der Waals surface area contributed by atoms with Gasteiger partial charge < -0.3 is 10.2 Å². The van der Waals surface area contributed by atoms with Gasteiger partial charge in [0.2, 0.25) is 0 Å². The molecule has 1 saturated heterocycles. The number of benzene rings is 1. The molecule has 1 N–H and O–H groups in total. The first-order chi connectivity index (χ1) is 10.2. The van der Waals surface area contributed by atoms with E-state index < -0.39 is 0 Å². The number of nitrogens with one attached hydrogen (secondary N) is 1. The van der Waals surface area contributed by atoms with Crippen molar-refractivity contribution in [2.75, 3.05) is 18.4 Å². The van der Waals surface area contributed by atoms with E-state index in [0.717, 1.165) is 42.2 Å². The minimum atomic E-state index is 0.137.